The molecule has 1 aromatic heterocycles. The maximum Gasteiger partial charge on any atom is 0.263 e. The number of carbonyl (C=O) groups excluding carboxylic acids is 1. The molecule has 0 radical (unpaired) electrons. The van der Waals surface area contributed by atoms with Crippen LogP contribution < -0.4 is 3.71 Å². The van der Waals surface area contributed by atoms with Crippen LogP contribution in [0, 0.1) is 5.82 Å². The van der Waals surface area contributed by atoms with Gasteiger partial charge in [0.2, 0.25) is 0 Å². The summed E-state index contributed by atoms with van der Waals surface area (Å²) in [4.78, 5) is 18.6. The Morgan fingerprint density at radius 2 is 2.00 bits per heavy atom. The monoisotopic (exact) mass is 449 g/mol. The lowest BCUT2D eigenvalue weighted by atomic mass is 10.0. The summed E-state index contributed by atoms with van der Waals surface area (Å²) in [5.41, 5.74) is 0.917. The molecule has 0 spiro atoms. The molecule has 0 saturated carbocycles. The van der Waals surface area contributed by atoms with E-state index in [2.05, 4.69) is 4.98 Å². The Morgan fingerprint density at radius 1 is 1.30 bits per heavy atom. The number of aromatic nitrogens is 1. The third-order valence-electron chi connectivity index (χ3n) is 4.83. The first-order valence-electron chi connectivity index (χ1n) is 8.73. The van der Waals surface area contributed by atoms with Gasteiger partial charge in [-0.2, -0.15) is 0 Å². The minimum atomic E-state index is -3.30. The molecule has 2 aromatic carbocycles. The van der Waals surface area contributed by atoms with Crippen LogP contribution >= 0.6 is 0 Å². The Balaban J connectivity index is 1.90. The normalized spacial score (nSPS) is 14.4. The quantitative estimate of drug-likeness (QED) is 0.454. The van der Waals surface area contributed by atoms with E-state index >= 15 is 0 Å². The predicted molar refractivity (Wildman–Crippen MR) is 110 cm³/mol. The molecule has 156 valence electrons. The number of anilines is 1. The van der Waals surface area contributed by atoms with Crippen molar-refractivity contribution in [2.75, 3.05) is 9.97 Å². The highest BCUT2D eigenvalue weighted by Crippen LogP contribution is 2.44. The molecule has 3 aromatic rings. The number of hydrogen-bond acceptors (Lipinski definition) is 6. The van der Waals surface area contributed by atoms with Crippen molar-refractivity contribution in [3.63, 3.8) is 0 Å². The van der Waals surface area contributed by atoms with Crippen molar-refractivity contribution in [1.82, 2.24) is 9.88 Å². The molecule has 11 heteroatoms. The molecule has 1 unspecified atom stereocenters. The van der Waals surface area contributed by atoms with Crippen LogP contribution in [0.15, 0.2) is 42.6 Å². The third kappa shape index (κ3) is 3.34. The van der Waals surface area contributed by atoms with E-state index in [0.717, 1.165) is 0 Å². The van der Waals surface area contributed by atoms with Crippen LogP contribution in [0.25, 0.3) is 10.9 Å². The van der Waals surface area contributed by atoms with Gasteiger partial charge in [-0.15, -0.1) is 0 Å². The Kier molecular flexibility index (Phi) is 5.26. The Hall–Kier alpha value is -2.89. The van der Waals surface area contributed by atoms with Crippen molar-refractivity contribution in [1.29, 1.82) is 0 Å². The molecule has 1 aliphatic rings. The molecule has 8 nitrogen and oxygen atoms in total. The fourth-order valence-corrected chi connectivity index (χ4v) is 5.20. The highest BCUT2D eigenvalue weighted by atomic mass is 32.3. The number of hydrogen-bond donors (Lipinski definition) is 2. The second-order valence-corrected chi connectivity index (χ2v) is 9.03. The maximum atomic E-state index is 13.2. The highest BCUT2D eigenvalue weighted by molar-refractivity contribution is 8.03. The number of pyridine rings is 1. The summed E-state index contributed by atoms with van der Waals surface area (Å²) in [6.07, 6.45) is 2.61. The van der Waals surface area contributed by atoms with E-state index in [-0.39, 0.29) is 46.6 Å². The van der Waals surface area contributed by atoms with Crippen molar-refractivity contribution in [2.24, 2.45) is 0 Å². The van der Waals surface area contributed by atoms with Crippen LogP contribution in [0.2, 0.25) is 0 Å². The summed E-state index contributed by atoms with van der Waals surface area (Å²) in [6, 6.07) is 8.71. The number of thiol groups is 1. The summed E-state index contributed by atoms with van der Waals surface area (Å²) in [5, 5.41) is 11.0. The number of halogens is 1. The number of amides is 1. The van der Waals surface area contributed by atoms with Crippen LogP contribution in [0.5, 0.6) is 5.75 Å². The summed E-state index contributed by atoms with van der Waals surface area (Å²) >= 11 is -1.95. The second-order valence-electron chi connectivity index (χ2n) is 6.67. The number of benzene rings is 2. The van der Waals surface area contributed by atoms with Crippen molar-refractivity contribution in [3.05, 3.63) is 65.1 Å². The van der Waals surface area contributed by atoms with Gasteiger partial charge < -0.3 is 14.6 Å². The minimum absolute atomic E-state index is 0.0177. The standard InChI is InChI=1S/C19H16FN3O5S2/c1-29(26)23(30(27)28)17-13-3-2-8-21-16(13)18(24)15-14(17)10-22(19(15)25)9-11-4-6-12(20)7-5-11/h2-8,24,30H,9-10H2,1H3. The topological polar surface area (TPSA) is 114 Å². The summed E-state index contributed by atoms with van der Waals surface area (Å²) in [5.74, 6) is -1.30. The van der Waals surface area contributed by atoms with E-state index in [1.54, 1.807) is 12.1 Å². The van der Waals surface area contributed by atoms with Crippen LogP contribution in [-0.4, -0.2) is 40.1 Å². The minimum Gasteiger partial charge on any atom is -0.592 e. The molecule has 0 saturated heterocycles. The van der Waals surface area contributed by atoms with Gasteiger partial charge >= 0.3 is 0 Å². The summed E-state index contributed by atoms with van der Waals surface area (Å²) in [7, 11) is -3.30. The van der Waals surface area contributed by atoms with Crippen molar-refractivity contribution >= 4 is 44.7 Å². The number of fused-ring (bicyclic) bond motifs is 2. The van der Waals surface area contributed by atoms with Gasteiger partial charge in [-0.1, -0.05) is 15.8 Å². The lowest BCUT2D eigenvalue weighted by molar-refractivity contribution is 0.0764. The van der Waals surface area contributed by atoms with E-state index in [4.69, 9.17) is 0 Å². The highest BCUT2D eigenvalue weighted by Gasteiger charge is 2.39. The number of rotatable bonds is 5. The Bertz CT molecular complexity index is 1220. The Morgan fingerprint density at radius 3 is 2.63 bits per heavy atom. The first kappa shape index (κ1) is 20.4. The largest absolute Gasteiger partial charge is 0.592 e. The summed E-state index contributed by atoms with van der Waals surface area (Å²) in [6.45, 7) is 0.102. The van der Waals surface area contributed by atoms with E-state index in [9.17, 15) is 27.3 Å². The van der Waals surface area contributed by atoms with Crippen LogP contribution in [0.1, 0.15) is 21.5 Å². The molecule has 1 amide bonds. The number of carbonyl (C=O) groups is 1. The van der Waals surface area contributed by atoms with Gasteiger partial charge in [-0.25, -0.2) is 12.8 Å². The zero-order valence-electron chi connectivity index (χ0n) is 15.6. The van der Waals surface area contributed by atoms with Crippen molar-refractivity contribution in [3.8, 4) is 5.75 Å². The van der Waals surface area contributed by atoms with Crippen LogP contribution in [-0.2, 0) is 35.3 Å². The third-order valence-corrected chi connectivity index (χ3v) is 7.09. The van der Waals surface area contributed by atoms with Gasteiger partial charge in [0.1, 0.15) is 23.3 Å². The SMILES string of the molecule is C[S+]([O-])N(c1c2c(c(O)c3ncccc13)C(=O)N(Cc1ccc(F)cc1)C2)[SH](=O)=O. The predicted octanol–water partition coefficient (Wildman–Crippen LogP) is 1.86. The van der Waals surface area contributed by atoms with Crippen molar-refractivity contribution in [2.45, 2.75) is 13.1 Å². The average molecular weight is 449 g/mol. The zero-order valence-corrected chi connectivity index (χ0v) is 17.3. The molecule has 1 atom stereocenters. The van der Waals surface area contributed by atoms with Gasteiger partial charge in [0.15, 0.2) is 5.75 Å². The molecular formula is C19H16FN3O5S2. The molecule has 2 heterocycles. The molecule has 1 aliphatic heterocycles. The van der Waals surface area contributed by atoms with E-state index in [1.165, 1.54) is 41.6 Å². The number of nitrogens with zero attached hydrogens (tertiary/aromatic N) is 3. The lowest BCUT2D eigenvalue weighted by Crippen LogP contribution is -2.29. The van der Waals surface area contributed by atoms with E-state index in [0.29, 0.717) is 9.27 Å². The van der Waals surface area contributed by atoms with Crippen LogP contribution in [0.4, 0.5) is 10.1 Å². The fourth-order valence-electron chi connectivity index (χ4n) is 3.59. The molecule has 0 aliphatic carbocycles. The van der Waals surface area contributed by atoms with Gasteiger partial charge in [0.05, 0.1) is 16.9 Å². The van der Waals surface area contributed by atoms with E-state index in [1.807, 2.05) is 0 Å². The lowest BCUT2D eigenvalue weighted by Gasteiger charge is -2.21. The second kappa shape index (κ2) is 7.74. The molecule has 30 heavy (non-hydrogen) atoms. The first-order chi connectivity index (χ1) is 14.3. The molecule has 0 bridgehead atoms. The van der Waals surface area contributed by atoms with E-state index < -0.39 is 34.0 Å². The average Bonchev–Trinajstić information content (AvgIpc) is 3.02. The zero-order chi connectivity index (χ0) is 21.6. The molecule has 0 fully saturated rings. The first-order valence-corrected chi connectivity index (χ1v) is 11.4. The number of phenolic OH excluding ortho intramolecular Hbond substituents is 1. The van der Waals surface area contributed by atoms with Gasteiger partial charge in [-0.3, -0.25) is 9.78 Å². The molecular weight excluding hydrogens is 433 g/mol. The Labute approximate surface area is 176 Å². The fraction of sp³-hybridized carbons (Fsp3) is 0.158. The van der Waals surface area contributed by atoms with Crippen molar-refractivity contribution < 1.29 is 27.3 Å². The smallest absolute Gasteiger partial charge is 0.263 e. The van der Waals surface area contributed by atoms with Crippen LogP contribution in [0.3, 0.4) is 0 Å². The van der Waals surface area contributed by atoms with Gasteiger partial charge in [-0.05, 0) is 29.8 Å². The molecule has 4 rings (SSSR count). The number of aromatic hydroxyl groups is 1. The number of phenols is 1. The molecule has 1 N–H and O–H groups in total. The van der Waals surface area contributed by atoms with Gasteiger partial charge in [0.25, 0.3) is 16.8 Å². The van der Waals surface area contributed by atoms with Gasteiger partial charge in [0, 0.05) is 30.2 Å². The summed E-state index contributed by atoms with van der Waals surface area (Å²) < 4.78 is 49.9. The maximum absolute atomic E-state index is 13.2.